The second-order valence-corrected chi connectivity index (χ2v) is 8.77. The number of hydrogen-bond donors (Lipinski definition) is 0. The summed E-state index contributed by atoms with van der Waals surface area (Å²) >= 11 is 0. The lowest BCUT2D eigenvalue weighted by atomic mass is 9.71. The van der Waals surface area contributed by atoms with Crippen molar-refractivity contribution in [3.05, 3.63) is 100 Å². The van der Waals surface area contributed by atoms with E-state index in [1.807, 2.05) is 0 Å². The molecule has 170 valence electrons. The first-order chi connectivity index (χ1) is 14.7. The summed E-state index contributed by atoms with van der Waals surface area (Å²) in [6, 6.07) is 14.6. The zero-order valence-electron chi connectivity index (χ0n) is 18.1. The first kappa shape index (κ1) is 23.8. The van der Waals surface area contributed by atoms with Crippen LogP contribution in [-0.4, -0.2) is 4.98 Å². The topological polar surface area (TPSA) is 12.9 Å². The number of hydrogen-bond acceptors (Lipinski definition) is 1. The highest BCUT2D eigenvalue weighted by molar-refractivity contribution is 5.52. The standard InChI is InChI=1S/C25H23F6N/c1-22(2,16-10-6-5-7-11-16)17-14-18(23(3,4)21-12-8-9-13-32-21)20(25(29,30)31)15-19(17)24(26,27)28/h5-15H,1-4H3. The van der Waals surface area contributed by atoms with Crippen molar-refractivity contribution in [3.8, 4) is 0 Å². The maximum atomic E-state index is 14.0. The summed E-state index contributed by atoms with van der Waals surface area (Å²) in [6.07, 6.45) is -8.49. The van der Waals surface area contributed by atoms with Crippen LogP contribution >= 0.6 is 0 Å². The molecule has 0 aliphatic rings. The molecule has 32 heavy (non-hydrogen) atoms. The lowest BCUT2D eigenvalue weighted by Crippen LogP contribution is -2.30. The van der Waals surface area contributed by atoms with E-state index in [9.17, 15) is 26.3 Å². The molecule has 1 heterocycles. The van der Waals surface area contributed by atoms with E-state index in [4.69, 9.17) is 0 Å². The van der Waals surface area contributed by atoms with Crippen molar-refractivity contribution in [2.24, 2.45) is 0 Å². The summed E-state index contributed by atoms with van der Waals surface area (Å²) in [5.41, 5.74) is -4.69. The second-order valence-electron chi connectivity index (χ2n) is 8.77. The lowest BCUT2D eigenvalue weighted by molar-refractivity contribution is -0.144. The maximum Gasteiger partial charge on any atom is 0.416 e. The quantitative estimate of drug-likeness (QED) is 0.369. The molecular formula is C25H23F6N. The van der Waals surface area contributed by atoms with Crippen LogP contribution in [0.2, 0.25) is 0 Å². The average Bonchev–Trinajstić information content (AvgIpc) is 2.72. The zero-order valence-corrected chi connectivity index (χ0v) is 18.1. The highest BCUT2D eigenvalue weighted by Gasteiger charge is 2.45. The van der Waals surface area contributed by atoms with Gasteiger partial charge in [-0.2, -0.15) is 26.3 Å². The minimum atomic E-state index is -4.98. The summed E-state index contributed by atoms with van der Waals surface area (Å²) in [6.45, 7) is 6.23. The van der Waals surface area contributed by atoms with Crippen molar-refractivity contribution < 1.29 is 26.3 Å². The predicted molar refractivity (Wildman–Crippen MR) is 111 cm³/mol. The van der Waals surface area contributed by atoms with E-state index >= 15 is 0 Å². The van der Waals surface area contributed by atoms with Gasteiger partial charge < -0.3 is 0 Å². The van der Waals surface area contributed by atoms with Crippen LogP contribution in [0.15, 0.2) is 66.9 Å². The van der Waals surface area contributed by atoms with Crippen LogP contribution in [0.3, 0.4) is 0 Å². The van der Waals surface area contributed by atoms with E-state index in [0.717, 1.165) is 6.07 Å². The Kier molecular flexibility index (Phi) is 5.91. The second kappa shape index (κ2) is 7.94. The Morgan fingerprint density at radius 3 is 1.50 bits per heavy atom. The summed E-state index contributed by atoms with van der Waals surface area (Å²) in [5, 5.41) is 0. The fraction of sp³-hybridized carbons (Fsp3) is 0.320. The lowest BCUT2D eigenvalue weighted by Gasteiger charge is -2.34. The Labute approximate surface area is 183 Å². The molecule has 7 heteroatoms. The van der Waals surface area contributed by atoms with Crippen LogP contribution in [0, 0.1) is 0 Å². The van der Waals surface area contributed by atoms with Gasteiger partial charge in [-0.15, -0.1) is 0 Å². The number of alkyl halides is 6. The van der Waals surface area contributed by atoms with Gasteiger partial charge in [0.15, 0.2) is 0 Å². The minimum Gasteiger partial charge on any atom is -0.260 e. The van der Waals surface area contributed by atoms with Crippen LogP contribution in [0.1, 0.15) is 61.2 Å². The number of nitrogens with zero attached hydrogens (tertiary/aromatic N) is 1. The molecule has 1 aromatic heterocycles. The Morgan fingerprint density at radius 2 is 1.03 bits per heavy atom. The van der Waals surface area contributed by atoms with Crippen LogP contribution in [0.25, 0.3) is 0 Å². The summed E-state index contributed by atoms with van der Waals surface area (Å²) in [4.78, 5) is 4.18. The van der Waals surface area contributed by atoms with Gasteiger partial charge in [-0.25, -0.2) is 0 Å². The van der Waals surface area contributed by atoms with E-state index in [1.54, 1.807) is 62.4 Å². The average molecular weight is 451 g/mol. The van der Waals surface area contributed by atoms with Gasteiger partial charge in [0.05, 0.1) is 16.8 Å². The van der Waals surface area contributed by atoms with E-state index < -0.39 is 34.3 Å². The summed E-state index contributed by atoms with van der Waals surface area (Å²) in [7, 11) is 0. The third kappa shape index (κ3) is 4.38. The van der Waals surface area contributed by atoms with Gasteiger partial charge in [0.1, 0.15) is 0 Å². The molecule has 0 fully saturated rings. The van der Waals surface area contributed by atoms with Crippen molar-refractivity contribution in [2.75, 3.05) is 0 Å². The number of benzene rings is 2. The van der Waals surface area contributed by atoms with Crippen LogP contribution < -0.4 is 0 Å². The minimum absolute atomic E-state index is 0.219. The highest BCUT2D eigenvalue weighted by atomic mass is 19.4. The third-order valence-electron chi connectivity index (χ3n) is 5.92. The molecule has 0 N–H and O–H groups in total. The molecule has 0 spiro atoms. The van der Waals surface area contributed by atoms with Gasteiger partial charge in [0.2, 0.25) is 0 Å². The largest absolute Gasteiger partial charge is 0.416 e. The van der Waals surface area contributed by atoms with Crippen LogP contribution in [-0.2, 0) is 23.2 Å². The molecule has 1 nitrogen and oxygen atoms in total. The fourth-order valence-electron chi connectivity index (χ4n) is 3.98. The SMILES string of the molecule is CC(C)(c1ccccc1)c1cc(C(C)(C)c2ccccn2)c(C(F)(F)F)cc1C(F)(F)F. The van der Waals surface area contributed by atoms with Gasteiger partial charge >= 0.3 is 12.4 Å². The number of pyridine rings is 1. The van der Waals surface area contributed by atoms with Gasteiger partial charge in [0.25, 0.3) is 0 Å². The first-order valence-corrected chi connectivity index (χ1v) is 9.97. The molecule has 0 aliphatic carbocycles. The zero-order chi connectivity index (χ0) is 23.9. The monoisotopic (exact) mass is 451 g/mol. The van der Waals surface area contributed by atoms with Gasteiger partial charge in [-0.3, -0.25) is 4.98 Å². The van der Waals surface area contributed by atoms with Crippen molar-refractivity contribution in [2.45, 2.75) is 50.9 Å². The molecule has 3 aromatic rings. The molecule has 0 amide bonds. The molecular weight excluding hydrogens is 428 g/mol. The summed E-state index contributed by atoms with van der Waals surface area (Å²) < 4.78 is 84.2. The molecule has 0 radical (unpaired) electrons. The van der Waals surface area contributed by atoms with Crippen molar-refractivity contribution in [1.82, 2.24) is 4.98 Å². The van der Waals surface area contributed by atoms with Crippen LogP contribution in [0.5, 0.6) is 0 Å². The number of aromatic nitrogens is 1. The Hall–Kier alpha value is -2.83. The molecule has 0 aliphatic heterocycles. The summed E-state index contributed by atoms with van der Waals surface area (Å²) in [5.74, 6) is 0. The van der Waals surface area contributed by atoms with E-state index in [0.29, 0.717) is 11.3 Å². The fourth-order valence-corrected chi connectivity index (χ4v) is 3.98. The Morgan fingerprint density at radius 1 is 0.562 bits per heavy atom. The molecule has 0 unspecified atom stereocenters. The smallest absolute Gasteiger partial charge is 0.260 e. The Bertz CT molecular complexity index is 996. The Balaban J connectivity index is 2.41. The molecule has 0 saturated carbocycles. The molecule has 0 atom stereocenters. The highest BCUT2D eigenvalue weighted by Crippen LogP contribution is 2.48. The molecule has 0 saturated heterocycles. The van der Waals surface area contributed by atoms with Crippen LogP contribution in [0.4, 0.5) is 26.3 Å². The van der Waals surface area contributed by atoms with Gasteiger partial charge in [-0.05, 0) is 34.9 Å². The van der Waals surface area contributed by atoms with E-state index in [1.165, 1.54) is 20.0 Å². The van der Waals surface area contributed by atoms with E-state index in [-0.39, 0.29) is 17.2 Å². The predicted octanol–water partition coefficient (Wildman–Crippen LogP) is 7.77. The van der Waals surface area contributed by atoms with Crippen molar-refractivity contribution in [1.29, 1.82) is 0 Å². The van der Waals surface area contributed by atoms with Crippen molar-refractivity contribution >= 4 is 0 Å². The molecule has 3 rings (SSSR count). The van der Waals surface area contributed by atoms with Gasteiger partial charge in [0, 0.05) is 17.0 Å². The normalized spacial score (nSPS) is 13.3. The number of halogens is 6. The molecule has 2 aromatic carbocycles. The van der Waals surface area contributed by atoms with Crippen molar-refractivity contribution in [3.63, 3.8) is 0 Å². The first-order valence-electron chi connectivity index (χ1n) is 9.97. The molecule has 0 bridgehead atoms. The third-order valence-corrected chi connectivity index (χ3v) is 5.92. The van der Waals surface area contributed by atoms with E-state index in [2.05, 4.69) is 4.98 Å². The van der Waals surface area contributed by atoms with Gasteiger partial charge in [-0.1, -0.05) is 70.2 Å². The maximum absolute atomic E-state index is 14.0. The number of rotatable bonds is 4.